The number of rotatable bonds is 7. The van der Waals surface area contributed by atoms with E-state index < -0.39 is 0 Å². The Morgan fingerprint density at radius 3 is 2.66 bits per heavy atom. The zero-order valence-corrected chi connectivity index (χ0v) is 20.1. The Kier molecular flexibility index (Phi) is 9.45. The van der Waals surface area contributed by atoms with Crippen molar-refractivity contribution >= 4 is 41.7 Å². The number of pyridine rings is 1. The van der Waals surface area contributed by atoms with Gasteiger partial charge in [-0.25, -0.2) is 9.98 Å². The first-order valence-corrected chi connectivity index (χ1v) is 10.5. The van der Waals surface area contributed by atoms with Gasteiger partial charge in [0.2, 0.25) is 5.91 Å². The summed E-state index contributed by atoms with van der Waals surface area (Å²) in [5.41, 5.74) is 0.939. The maximum Gasteiger partial charge on any atom is 0.223 e. The Hall–Kier alpha value is -1.58. The summed E-state index contributed by atoms with van der Waals surface area (Å²) < 4.78 is 0. The van der Waals surface area contributed by atoms with Crippen LogP contribution in [0.3, 0.4) is 0 Å². The van der Waals surface area contributed by atoms with Crippen molar-refractivity contribution in [2.24, 2.45) is 10.9 Å². The van der Waals surface area contributed by atoms with Gasteiger partial charge in [0.25, 0.3) is 0 Å². The molecule has 0 aromatic carbocycles. The molecule has 1 aromatic heterocycles. The molecular weight excluding hydrogens is 479 g/mol. The van der Waals surface area contributed by atoms with Gasteiger partial charge in [-0.15, -0.1) is 24.0 Å². The molecule has 1 heterocycles. The number of halogens is 1. The number of anilines is 1. The van der Waals surface area contributed by atoms with Crippen molar-refractivity contribution in [1.29, 1.82) is 0 Å². The van der Waals surface area contributed by atoms with Gasteiger partial charge in [0.1, 0.15) is 5.82 Å². The molecule has 1 aromatic rings. The molecule has 2 saturated carbocycles. The molecule has 0 spiro atoms. The first kappa shape index (κ1) is 23.7. The quantitative estimate of drug-likeness (QED) is 0.296. The molecule has 2 fully saturated rings. The summed E-state index contributed by atoms with van der Waals surface area (Å²) in [6.07, 6.45) is 6.29. The van der Waals surface area contributed by atoms with Crippen molar-refractivity contribution in [3.63, 3.8) is 0 Å². The van der Waals surface area contributed by atoms with Gasteiger partial charge < -0.3 is 20.9 Å². The maximum atomic E-state index is 12.4. The molecule has 7 nitrogen and oxygen atoms in total. The number of hydrogen-bond donors (Lipinski definition) is 3. The number of nitrogens with one attached hydrogen (secondary N) is 3. The van der Waals surface area contributed by atoms with Crippen molar-refractivity contribution in [3.05, 3.63) is 23.9 Å². The van der Waals surface area contributed by atoms with Crippen LogP contribution in [0.1, 0.15) is 51.1 Å². The highest BCUT2D eigenvalue weighted by Crippen LogP contribution is 2.26. The molecule has 0 saturated heterocycles. The predicted octanol–water partition coefficient (Wildman–Crippen LogP) is 2.66. The van der Waals surface area contributed by atoms with Crippen LogP contribution in [0.15, 0.2) is 23.2 Å². The Bertz CT molecular complexity index is 692. The van der Waals surface area contributed by atoms with Crippen molar-refractivity contribution in [3.8, 4) is 0 Å². The van der Waals surface area contributed by atoms with Crippen molar-refractivity contribution < 1.29 is 4.79 Å². The van der Waals surface area contributed by atoms with Gasteiger partial charge in [-0.2, -0.15) is 0 Å². The number of guanidine groups is 1. The Morgan fingerprint density at radius 1 is 1.17 bits per heavy atom. The third kappa shape index (κ3) is 7.64. The summed E-state index contributed by atoms with van der Waals surface area (Å²) in [7, 11) is 3.97. The van der Waals surface area contributed by atoms with Crippen molar-refractivity contribution in [1.82, 2.24) is 20.9 Å². The van der Waals surface area contributed by atoms with E-state index in [2.05, 4.69) is 27.9 Å². The van der Waals surface area contributed by atoms with Crippen molar-refractivity contribution in [2.75, 3.05) is 25.5 Å². The second-order valence-corrected chi connectivity index (χ2v) is 8.06. The van der Waals surface area contributed by atoms with E-state index in [1.165, 1.54) is 0 Å². The minimum Gasteiger partial charge on any atom is -0.363 e. The van der Waals surface area contributed by atoms with Crippen LogP contribution in [-0.2, 0) is 11.3 Å². The minimum atomic E-state index is 0. The van der Waals surface area contributed by atoms with Crippen molar-refractivity contribution in [2.45, 2.75) is 64.1 Å². The molecule has 3 rings (SSSR count). The van der Waals surface area contributed by atoms with Crippen LogP contribution in [-0.4, -0.2) is 49.6 Å². The fourth-order valence-corrected chi connectivity index (χ4v) is 3.58. The summed E-state index contributed by atoms with van der Waals surface area (Å²) in [6.45, 7) is 3.39. The molecule has 162 valence electrons. The zero-order valence-electron chi connectivity index (χ0n) is 17.8. The SMILES string of the molecule is CCNC(=NCc1cccc(N(C)C)n1)NC1CCCC(C(=O)NC2CC2)C1.I. The minimum absolute atomic E-state index is 0. The lowest BCUT2D eigenvalue weighted by Crippen LogP contribution is -2.47. The van der Waals surface area contributed by atoms with Gasteiger partial charge in [-0.05, 0) is 51.2 Å². The Morgan fingerprint density at radius 2 is 1.97 bits per heavy atom. The Balaban J connectivity index is 0.00000300. The molecule has 2 atom stereocenters. The molecular formula is C21H35IN6O. The zero-order chi connectivity index (χ0) is 19.9. The highest BCUT2D eigenvalue weighted by Gasteiger charge is 2.31. The topological polar surface area (TPSA) is 81.7 Å². The van der Waals surface area contributed by atoms with Crippen LogP contribution in [0.2, 0.25) is 0 Å². The van der Waals surface area contributed by atoms with E-state index in [1.807, 2.05) is 37.2 Å². The van der Waals surface area contributed by atoms with Crippen LogP contribution in [0.25, 0.3) is 0 Å². The van der Waals surface area contributed by atoms with Crippen LogP contribution >= 0.6 is 24.0 Å². The predicted molar refractivity (Wildman–Crippen MR) is 129 cm³/mol. The molecule has 0 radical (unpaired) electrons. The van der Waals surface area contributed by atoms with Gasteiger partial charge >= 0.3 is 0 Å². The van der Waals surface area contributed by atoms with E-state index in [0.717, 1.165) is 62.5 Å². The Labute approximate surface area is 191 Å². The lowest BCUT2D eigenvalue weighted by molar-refractivity contribution is -0.126. The fourth-order valence-electron chi connectivity index (χ4n) is 3.58. The largest absolute Gasteiger partial charge is 0.363 e. The third-order valence-corrected chi connectivity index (χ3v) is 5.30. The summed E-state index contributed by atoms with van der Waals surface area (Å²) in [5, 5.41) is 10.0. The molecule has 0 aliphatic heterocycles. The average Bonchev–Trinajstić information content (AvgIpc) is 3.51. The number of hydrogen-bond acceptors (Lipinski definition) is 4. The smallest absolute Gasteiger partial charge is 0.223 e. The molecule has 8 heteroatoms. The second kappa shape index (κ2) is 11.6. The molecule has 1 amide bonds. The van der Waals surface area contributed by atoms with Crippen LogP contribution in [0, 0.1) is 5.92 Å². The second-order valence-electron chi connectivity index (χ2n) is 8.06. The molecule has 2 aliphatic rings. The highest BCUT2D eigenvalue weighted by molar-refractivity contribution is 14.0. The normalized spacial score (nSPS) is 21.7. The van der Waals surface area contributed by atoms with Crippen LogP contribution < -0.4 is 20.9 Å². The van der Waals surface area contributed by atoms with E-state index in [0.29, 0.717) is 12.6 Å². The van der Waals surface area contributed by atoms with Gasteiger partial charge in [0.15, 0.2) is 5.96 Å². The first-order valence-electron chi connectivity index (χ1n) is 10.5. The highest BCUT2D eigenvalue weighted by atomic mass is 127. The first-order chi connectivity index (χ1) is 13.5. The van der Waals surface area contributed by atoms with Gasteiger partial charge in [0, 0.05) is 38.6 Å². The lowest BCUT2D eigenvalue weighted by atomic mass is 9.85. The number of nitrogens with zero attached hydrogens (tertiary/aromatic N) is 3. The average molecular weight is 514 g/mol. The summed E-state index contributed by atoms with van der Waals surface area (Å²) in [4.78, 5) is 23.7. The number of carbonyl (C=O) groups is 1. The maximum absolute atomic E-state index is 12.4. The molecule has 29 heavy (non-hydrogen) atoms. The summed E-state index contributed by atoms with van der Waals surface area (Å²) in [6, 6.07) is 6.72. The monoisotopic (exact) mass is 514 g/mol. The molecule has 2 aliphatic carbocycles. The number of aliphatic imine (C=N–C) groups is 1. The number of amides is 1. The summed E-state index contributed by atoms with van der Waals surface area (Å²) >= 11 is 0. The standard InChI is InChI=1S/C21H34N6O.HI/c1-4-22-21(23-14-18-9-6-10-19(24-18)27(2)3)26-17-8-5-7-15(13-17)20(28)25-16-11-12-16;/h6,9-10,15-17H,4-5,7-8,11-14H2,1-3H3,(H,25,28)(H2,22,23,26);1H. The lowest BCUT2D eigenvalue weighted by Gasteiger charge is -2.30. The fraction of sp³-hybridized carbons (Fsp3) is 0.667. The van der Waals surface area contributed by atoms with E-state index >= 15 is 0 Å². The van der Waals surface area contributed by atoms with Crippen LogP contribution in [0.4, 0.5) is 5.82 Å². The van der Waals surface area contributed by atoms with Gasteiger partial charge in [-0.1, -0.05) is 12.5 Å². The summed E-state index contributed by atoms with van der Waals surface area (Å²) in [5.74, 6) is 2.09. The van der Waals surface area contributed by atoms with E-state index in [4.69, 9.17) is 4.99 Å². The van der Waals surface area contributed by atoms with E-state index in [9.17, 15) is 4.79 Å². The molecule has 0 bridgehead atoms. The van der Waals surface area contributed by atoms with E-state index in [1.54, 1.807) is 0 Å². The van der Waals surface area contributed by atoms with Gasteiger partial charge in [0.05, 0.1) is 12.2 Å². The number of aromatic nitrogens is 1. The van der Waals surface area contributed by atoms with E-state index in [-0.39, 0.29) is 41.8 Å². The van der Waals surface area contributed by atoms with Gasteiger partial charge in [-0.3, -0.25) is 4.79 Å². The molecule has 2 unspecified atom stereocenters. The third-order valence-electron chi connectivity index (χ3n) is 5.30. The number of carbonyl (C=O) groups excluding carboxylic acids is 1. The molecule has 3 N–H and O–H groups in total. The van der Waals surface area contributed by atoms with Crippen LogP contribution in [0.5, 0.6) is 0 Å².